The summed E-state index contributed by atoms with van der Waals surface area (Å²) in [5.41, 5.74) is 7.89. The number of nitrogens with one attached hydrogen (secondary N) is 2. The minimum atomic E-state index is -0.171. The summed E-state index contributed by atoms with van der Waals surface area (Å²) < 4.78 is 0. The van der Waals surface area contributed by atoms with Gasteiger partial charge in [0.05, 0.1) is 5.92 Å². The van der Waals surface area contributed by atoms with Crippen LogP contribution in [0.3, 0.4) is 0 Å². The summed E-state index contributed by atoms with van der Waals surface area (Å²) in [5.74, 6) is -0.360. The number of rotatable bonds is 5. The van der Waals surface area contributed by atoms with Crippen LogP contribution in [0.2, 0.25) is 0 Å². The van der Waals surface area contributed by atoms with Crippen LogP contribution in [0.5, 0.6) is 0 Å². The Morgan fingerprint density at radius 2 is 2.00 bits per heavy atom. The van der Waals surface area contributed by atoms with Crippen molar-refractivity contribution in [2.75, 3.05) is 17.2 Å². The molecule has 0 radical (unpaired) electrons. The van der Waals surface area contributed by atoms with Crippen LogP contribution in [0.25, 0.3) is 0 Å². The first-order valence-corrected chi connectivity index (χ1v) is 6.37. The van der Waals surface area contributed by atoms with E-state index in [4.69, 9.17) is 5.73 Å². The molecule has 1 aromatic carbocycles. The van der Waals surface area contributed by atoms with Crippen molar-refractivity contribution in [3.63, 3.8) is 0 Å². The highest BCUT2D eigenvalue weighted by molar-refractivity contribution is 5.94. The lowest BCUT2D eigenvalue weighted by atomic mass is 10.1. The maximum Gasteiger partial charge on any atom is 0.228 e. The maximum atomic E-state index is 11.9. The maximum absolute atomic E-state index is 11.9. The first kappa shape index (κ1) is 15.2. The van der Waals surface area contributed by atoms with E-state index in [0.717, 1.165) is 11.3 Å². The fourth-order valence-corrected chi connectivity index (χ4v) is 1.77. The molecule has 0 aromatic heterocycles. The molecule has 0 fully saturated rings. The summed E-state index contributed by atoms with van der Waals surface area (Å²) in [5, 5.41) is 5.56. The summed E-state index contributed by atoms with van der Waals surface area (Å²) in [6.45, 7) is 5.61. The van der Waals surface area contributed by atoms with Gasteiger partial charge in [0.25, 0.3) is 0 Å². The fraction of sp³-hybridized carbons (Fsp3) is 0.429. The topological polar surface area (TPSA) is 84.2 Å². The number of amides is 2. The number of hydrogen-bond acceptors (Lipinski definition) is 3. The number of benzene rings is 1. The van der Waals surface area contributed by atoms with E-state index in [1.165, 1.54) is 6.92 Å². The second kappa shape index (κ2) is 6.89. The lowest BCUT2D eigenvalue weighted by Crippen LogP contribution is -2.28. The van der Waals surface area contributed by atoms with Gasteiger partial charge in [-0.2, -0.15) is 0 Å². The van der Waals surface area contributed by atoms with Crippen molar-refractivity contribution in [3.8, 4) is 0 Å². The fourth-order valence-electron chi connectivity index (χ4n) is 1.77. The van der Waals surface area contributed by atoms with Crippen molar-refractivity contribution >= 4 is 23.2 Å². The molecule has 0 saturated heterocycles. The molecule has 4 N–H and O–H groups in total. The summed E-state index contributed by atoms with van der Waals surface area (Å²) >= 11 is 0. The Kier molecular flexibility index (Phi) is 5.51. The van der Waals surface area contributed by atoms with Gasteiger partial charge in [-0.15, -0.1) is 0 Å². The molecule has 0 aliphatic heterocycles. The molecule has 1 rings (SSSR count). The zero-order valence-electron chi connectivity index (χ0n) is 11.6. The van der Waals surface area contributed by atoms with E-state index in [-0.39, 0.29) is 17.7 Å². The molecule has 0 aliphatic rings. The molecule has 0 aliphatic carbocycles. The third kappa shape index (κ3) is 4.37. The molecular weight excluding hydrogens is 242 g/mol. The largest absolute Gasteiger partial charge is 0.330 e. The lowest BCUT2D eigenvalue weighted by Gasteiger charge is -2.14. The minimum Gasteiger partial charge on any atom is -0.330 e. The van der Waals surface area contributed by atoms with E-state index >= 15 is 0 Å². The van der Waals surface area contributed by atoms with Crippen LogP contribution < -0.4 is 16.4 Å². The number of nitrogens with two attached hydrogens (primary N) is 1. The molecule has 104 valence electrons. The molecule has 0 heterocycles. The first-order valence-electron chi connectivity index (χ1n) is 6.37. The van der Waals surface area contributed by atoms with Crippen LogP contribution in [-0.2, 0) is 9.59 Å². The molecule has 19 heavy (non-hydrogen) atoms. The van der Waals surface area contributed by atoms with Gasteiger partial charge in [0.1, 0.15) is 0 Å². The standard InChI is InChI=1S/C14H21N3O2/c1-4-11(8-15)14(19)17-12-5-6-13(9(2)7-12)16-10(3)18/h5-7,11H,4,8,15H2,1-3H3,(H,16,18)(H,17,19). The Morgan fingerprint density at radius 1 is 1.32 bits per heavy atom. The summed E-state index contributed by atoms with van der Waals surface area (Å²) in [6, 6.07) is 5.36. The van der Waals surface area contributed by atoms with E-state index in [0.29, 0.717) is 18.7 Å². The van der Waals surface area contributed by atoms with Gasteiger partial charge >= 0.3 is 0 Å². The van der Waals surface area contributed by atoms with Crippen molar-refractivity contribution in [1.82, 2.24) is 0 Å². The van der Waals surface area contributed by atoms with E-state index < -0.39 is 0 Å². The number of carbonyl (C=O) groups is 2. The van der Waals surface area contributed by atoms with E-state index in [9.17, 15) is 9.59 Å². The highest BCUT2D eigenvalue weighted by Crippen LogP contribution is 2.20. The monoisotopic (exact) mass is 263 g/mol. The Balaban J connectivity index is 2.78. The minimum absolute atomic E-state index is 0.0725. The third-order valence-corrected chi connectivity index (χ3v) is 2.95. The second-order valence-corrected chi connectivity index (χ2v) is 4.54. The van der Waals surface area contributed by atoms with Crippen LogP contribution in [0, 0.1) is 12.8 Å². The summed E-state index contributed by atoms with van der Waals surface area (Å²) in [7, 11) is 0. The van der Waals surface area contributed by atoms with Crippen molar-refractivity contribution in [2.24, 2.45) is 11.7 Å². The molecule has 5 heteroatoms. The van der Waals surface area contributed by atoms with Gasteiger partial charge in [-0.05, 0) is 37.1 Å². The molecular formula is C14H21N3O2. The zero-order chi connectivity index (χ0) is 14.4. The summed E-state index contributed by atoms with van der Waals surface area (Å²) in [4.78, 5) is 22.9. The number of aryl methyl sites for hydroxylation is 1. The molecule has 2 amide bonds. The molecule has 0 saturated carbocycles. The number of hydrogen-bond donors (Lipinski definition) is 3. The van der Waals surface area contributed by atoms with E-state index in [1.807, 2.05) is 19.9 Å². The average Bonchev–Trinajstić information content (AvgIpc) is 2.33. The molecule has 0 bridgehead atoms. The van der Waals surface area contributed by atoms with Gasteiger partial charge in [0.15, 0.2) is 0 Å². The predicted octanol–water partition coefficient (Wildman–Crippen LogP) is 1.88. The molecule has 0 spiro atoms. The van der Waals surface area contributed by atoms with Gasteiger partial charge in [0.2, 0.25) is 11.8 Å². The number of carbonyl (C=O) groups excluding carboxylic acids is 2. The van der Waals surface area contributed by atoms with Crippen molar-refractivity contribution < 1.29 is 9.59 Å². The zero-order valence-corrected chi connectivity index (χ0v) is 11.6. The van der Waals surface area contributed by atoms with Gasteiger partial charge in [-0.1, -0.05) is 6.92 Å². The smallest absolute Gasteiger partial charge is 0.228 e. The second-order valence-electron chi connectivity index (χ2n) is 4.54. The molecule has 1 aromatic rings. The van der Waals surface area contributed by atoms with Crippen molar-refractivity contribution in [3.05, 3.63) is 23.8 Å². The molecule has 1 unspecified atom stereocenters. The third-order valence-electron chi connectivity index (χ3n) is 2.95. The van der Waals surface area contributed by atoms with Crippen LogP contribution in [-0.4, -0.2) is 18.4 Å². The Hall–Kier alpha value is -1.88. The van der Waals surface area contributed by atoms with Gasteiger partial charge in [0, 0.05) is 24.8 Å². The first-order chi connectivity index (χ1) is 8.97. The van der Waals surface area contributed by atoms with Crippen LogP contribution in [0.4, 0.5) is 11.4 Å². The van der Waals surface area contributed by atoms with E-state index in [2.05, 4.69) is 10.6 Å². The molecule has 1 atom stereocenters. The predicted molar refractivity (Wildman–Crippen MR) is 76.9 cm³/mol. The average molecular weight is 263 g/mol. The van der Waals surface area contributed by atoms with Gasteiger partial charge in [-0.3, -0.25) is 9.59 Å². The Bertz CT molecular complexity index is 468. The van der Waals surface area contributed by atoms with E-state index in [1.54, 1.807) is 12.1 Å². The van der Waals surface area contributed by atoms with Crippen molar-refractivity contribution in [1.29, 1.82) is 0 Å². The van der Waals surface area contributed by atoms with Crippen LogP contribution in [0.15, 0.2) is 18.2 Å². The van der Waals surface area contributed by atoms with Gasteiger partial charge in [-0.25, -0.2) is 0 Å². The highest BCUT2D eigenvalue weighted by Gasteiger charge is 2.14. The highest BCUT2D eigenvalue weighted by atomic mass is 16.2. The number of anilines is 2. The normalized spacial score (nSPS) is 11.8. The molecule has 5 nitrogen and oxygen atoms in total. The van der Waals surface area contributed by atoms with Crippen LogP contribution in [0.1, 0.15) is 25.8 Å². The van der Waals surface area contributed by atoms with Gasteiger partial charge < -0.3 is 16.4 Å². The Labute approximate surface area is 113 Å². The Morgan fingerprint density at radius 3 is 2.47 bits per heavy atom. The van der Waals surface area contributed by atoms with Crippen molar-refractivity contribution in [2.45, 2.75) is 27.2 Å². The SMILES string of the molecule is CCC(CN)C(=O)Nc1ccc(NC(C)=O)c(C)c1. The lowest BCUT2D eigenvalue weighted by molar-refractivity contribution is -0.119. The quantitative estimate of drug-likeness (QED) is 0.758. The van der Waals surface area contributed by atoms with Crippen LogP contribution >= 0.6 is 0 Å². The summed E-state index contributed by atoms with van der Waals surface area (Å²) in [6.07, 6.45) is 0.714.